The third-order valence-corrected chi connectivity index (χ3v) is 2.15. The fourth-order valence-electron chi connectivity index (χ4n) is 1.48. The van der Waals surface area contributed by atoms with Gasteiger partial charge in [-0.05, 0) is 23.8 Å². The Labute approximate surface area is 107 Å². The lowest BCUT2D eigenvalue weighted by Gasteiger charge is -2.18. The molecule has 20 heavy (non-hydrogen) atoms. The molecule has 2 N–H and O–H groups in total. The predicted octanol–water partition coefficient (Wildman–Crippen LogP) is 3.53. The highest BCUT2D eigenvalue weighted by molar-refractivity contribution is 5.85. The van der Waals surface area contributed by atoms with Crippen LogP contribution in [0.2, 0.25) is 0 Å². The monoisotopic (exact) mass is 300 g/mol. The first-order valence-corrected chi connectivity index (χ1v) is 4.85. The largest absolute Gasteiger partial charge is 0.508 e. The quantitative estimate of drug-likeness (QED) is 0.649. The number of carbonyl (C=O) groups is 1. The molecule has 9 heteroatoms. The Kier molecular flexibility index (Phi) is 4.02. The molecule has 0 spiro atoms. The summed E-state index contributed by atoms with van der Waals surface area (Å²) in [5.41, 5.74) is -5.23. The highest BCUT2D eigenvalue weighted by atomic mass is 19.4. The Morgan fingerprint density at radius 1 is 1.05 bits per heavy atom. The molecule has 1 aromatic rings. The van der Waals surface area contributed by atoms with Crippen molar-refractivity contribution in [1.29, 1.82) is 0 Å². The highest BCUT2D eigenvalue weighted by Gasteiger charge is 2.44. The van der Waals surface area contributed by atoms with E-state index in [9.17, 15) is 31.1 Å². The van der Waals surface area contributed by atoms with E-state index in [-0.39, 0.29) is 12.1 Å². The minimum absolute atomic E-state index is 0.0685. The van der Waals surface area contributed by atoms with Crippen LogP contribution in [0.1, 0.15) is 16.7 Å². The van der Waals surface area contributed by atoms with Gasteiger partial charge in [-0.25, -0.2) is 4.79 Å². The fraction of sp³-hybridized carbons (Fsp3) is 0.182. The van der Waals surface area contributed by atoms with Crippen molar-refractivity contribution >= 4 is 12.0 Å². The summed E-state index contributed by atoms with van der Waals surface area (Å²) in [5, 5.41) is 17.4. The fourth-order valence-corrected chi connectivity index (χ4v) is 1.48. The molecule has 0 aliphatic carbocycles. The van der Waals surface area contributed by atoms with Gasteiger partial charge in [0.25, 0.3) is 0 Å². The molecular weight excluding hydrogens is 294 g/mol. The third-order valence-electron chi connectivity index (χ3n) is 2.15. The van der Waals surface area contributed by atoms with Crippen LogP contribution in [0.5, 0.6) is 5.75 Å². The number of carboxylic acid groups (broad SMARTS) is 1. The Bertz CT molecular complexity index is 557. The lowest BCUT2D eigenvalue weighted by molar-refractivity contribution is -0.162. The molecule has 0 aliphatic rings. The molecule has 1 rings (SSSR count). The van der Waals surface area contributed by atoms with Crippen molar-refractivity contribution in [3.63, 3.8) is 0 Å². The second-order valence-corrected chi connectivity index (χ2v) is 3.62. The van der Waals surface area contributed by atoms with Crippen molar-refractivity contribution < 1.29 is 41.4 Å². The molecule has 1 aromatic carbocycles. The van der Waals surface area contributed by atoms with E-state index in [1.165, 1.54) is 0 Å². The Morgan fingerprint density at radius 2 is 1.60 bits per heavy atom. The predicted molar refractivity (Wildman–Crippen MR) is 54.8 cm³/mol. The lowest BCUT2D eigenvalue weighted by atomic mass is 9.98. The average Bonchev–Trinajstić information content (AvgIpc) is 2.22. The van der Waals surface area contributed by atoms with Crippen LogP contribution >= 0.6 is 0 Å². The van der Waals surface area contributed by atoms with Gasteiger partial charge >= 0.3 is 18.3 Å². The van der Waals surface area contributed by atoms with Crippen LogP contribution in [0.3, 0.4) is 0 Å². The number of aliphatic carboxylic acids is 1. The summed E-state index contributed by atoms with van der Waals surface area (Å²) in [7, 11) is 0. The standard InChI is InChI=1S/C11H6F6O3/c12-10(13,14)7-4-6(18)3-5(1-2-8(19)20)9(7)11(15,16)17/h1-4,18H,(H,19,20)/b2-1+. The molecule has 0 heterocycles. The number of phenols is 1. The van der Waals surface area contributed by atoms with Gasteiger partial charge in [0.2, 0.25) is 0 Å². The van der Waals surface area contributed by atoms with Crippen molar-refractivity contribution in [3.8, 4) is 5.75 Å². The first kappa shape index (κ1) is 15.9. The van der Waals surface area contributed by atoms with Gasteiger partial charge in [0, 0.05) is 6.08 Å². The van der Waals surface area contributed by atoms with Crippen LogP contribution in [0.15, 0.2) is 18.2 Å². The first-order valence-electron chi connectivity index (χ1n) is 4.85. The molecule has 0 saturated carbocycles. The van der Waals surface area contributed by atoms with Crippen LogP contribution in [0.4, 0.5) is 26.3 Å². The second-order valence-electron chi connectivity index (χ2n) is 3.62. The Morgan fingerprint density at radius 3 is 2.00 bits per heavy atom. The van der Waals surface area contributed by atoms with Gasteiger partial charge in [-0.15, -0.1) is 0 Å². The number of benzene rings is 1. The maximum Gasteiger partial charge on any atom is 0.417 e. The molecule has 0 amide bonds. The van der Waals surface area contributed by atoms with Crippen molar-refractivity contribution in [2.45, 2.75) is 12.4 Å². The van der Waals surface area contributed by atoms with E-state index in [4.69, 9.17) is 10.2 Å². The minimum Gasteiger partial charge on any atom is -0.508 e. The summed E-state index contributed by atoms with van der Waals surface area (Å²) >= 11 is 0. The number of rotatable bonds is 2. The van der Waals surface area contributed by atoms with E-state index >= 15 is 0 Å². The zero-order valence-electron chi connectivity index (χ0n) is 9.38. The van der Waals surface area contributed by atoms with Gasteiger partial charge in [-0.3, -0.25) is 0 Å². The van der Waals surface area contributed by atoms with Gasteiger partial charge in [0.1, 0.15) is 5.75 Å². The molecule has 0 aromatic heterocycles. The SMILES string of the molecule is O=C(O)/C=C/c1cc(O)cc(C(F)(F)F)c1C(F)(F)F. The second kappa shape index (κ2) is 5.06. The van der Waals surface area contributed by atoms with Crippen molar-refractivity contribution in [2.24, 2.45) is 0 Å². The van der Waals surface area contributed by atoms with Gasteiger partial charge in [-0.1, -0.05) is 0 Å². The van der Waals surface area contributed by atoms with Gasteiger partial charge in [0.15, 0.2) is 0 Å². The maximum atomic E-state index is 12.7. The molecule has 0 aliphatic heterocycles. The maximum absolute atomic E-state index is 12.7. The van der Waals surface area contributed by atoms with E-state index in [0.717, 1.165) is 0 Å². The molecule has 0 saturated heterocycles. The van der Waals surface area contributed by atoms with E-state index in [1.54, 1.807) is 0 Å². The summed E-state index contributed by atoms with van der Waals surface area (Å²) < 4.78 is 76.0. The van der Waals surface area contributed by atoms with E-state index < -0.39 is 40.8 Å². The van der Waals surface area contributed by atoms with Crippen LogP contribution in [0.25, 0.3) is 6.08 Å². The molecular formula is C11H6F6O3. The van der Waals surface area contributed by atoms with Crippen molar-refractivity contribution in [2.75, 3.05) is 0 Å². The number of phenolic OH excluding ortho intramolecular Hbond substituents is 1. The molecule has 110 valence electrons. The van der Waals surface area contributed by atoms with Crippen LogP contribution in [0, 0.1) is 0 Å². The van der Waals surface area contributed by atoms with Gasteiger partial charge in [0.05, 0.1) is 11.1 Å². The number of alkyl halides is 6. The first-order chi connectivity index (χ1) is 8.93. The number of hydrogen-bond donors (Lipinski definition) is 2. The molecule has 0 unspecified atom stereocenters. The lowest BCUT2D eigenvalue weighted by Crippen LogP contribution is -2.18. The zero-order valence-corrected chi connectivity index (χ0v) is 9.38. The number of hydrogen-bond acceptors (Lipinski definition) is 2. The molecule has 0 radical (unpaired) electrons. The van der Waals surface area contributed by atoms with Crippen LogP contribution in [-0.2, 0) is 17.1 Å². The summed E-state index contributed by atoms with van der Waals surface area (Å²) in [6.07, 6.45) is -10.1. The van der Waals surface area contributed by atoms with Gasteiger partial charge < -0.3 is 10.2 Å². The van der Waals surface area contributed by atoms with Crippen LogP contribution < -0.4 is 0 Å². The number of halogens is 6. The molecule has 0 atom stereocenters. The molecule has 0 bridgehead atoms. The van der Waals surface area contributed by atoms with E-state index in [2.05, 4.69) is 0 Å². The summed E-state index contributed by atoms with van der Waals surface area (Å²) in [5.74, 6) is -2.70. The van der Waals surface area contributed by atoms with Crippen molar-refractivity contribution in [1.82, 2.24) is 0 Å². The Balaban J connectivity index is 3.66. The molecule has 3 nitrogen and oxygen atoms in total. The zero-order chi connectivity index (χ0) is 15.7. The highest BCUT2D eigenvalue weighted by Crippen LogP contribution is 2.44. The number of carboxylic acids is 1. The Hall–Kier alpha value is -2.19. The van der Waals surface area contributed by atoms with E-state index in [0.29, 0.717) is 12.1 Å². The summed E-state index contributed by atoms with van der Waals surface area (Å²) in [6, 6.07) is 0.332. The summed E-state index contributed by atoms with van der Waals surface area (Å²) in [4.78, 5) is 10.2. The third kappa shape index (κ3) is 3.65. The smallest absolute Gasteiger partial charge is 0.417 e. The topological polar surface area (TPSA) is 57.5 Å². The molecule has 0 fully saturated rings. The van der Waals surface area contributed by atoms with Crippen molar-refractivity contribution in [3.05, 3.63) is 34.9 Å². The summed E-state index contributed by atoms with van der Waals surface area (Å²) in [6.45, 7) is 0. The average molecular weight is 300 g/mol. The minimum atomic E-state index is -5.36. The van der Waals surface area contributed by atoms with Gasteiger partial charge in [-0.2, -0.15) is 26.3 Å². The normalized spacial score (nSPS) is 12.9. The van der Waals surface area contributed by atoms with E-state index in [1.807, 2.05) is 0 Å². The van der Waals surface area contributed by atoms with Crippen LogP contribution in [-0.4, -0.2) is 16.2 Å². The number of aromatic hydroxyl groups is 1.